The molecule has 0 aliphatic carbocycles. The number of nitrogens with one attached hydrogen (secondary N) is 2. The number of hydrogen-bond donors (Lipinski definition) is 2. The third-order valence-corrected chi connectivity index (χ3v) is 3.78. The smallest absolute Gasteiger partial charge is 0.121 e. The van der Waals surface area contributed by atoms with Crippen LogP contribution in [0.25, 0.3) is 11.0 Å². The minimum absolute atomic E-state index is 0.685. The largest absolute Gasteiger partial charge is 0.493 e. The summed E-state index contributed by atoms with van der Waals surface area (Å²) in [5.74, 6) is 2.66. The molecule has 1 fully saturated rings. The molecule has 1 aromatic heterocycles. The Morgan fingerprint density at radius 1 is 1.32 bits per heavy atom. The number of aryl methyl sites for hydroxylation is 1. The highest BCUT2D eigenvalue weighted by atomic mass is 16.5. The van der Waals surface area contributed by atoms with Crippen LogP contribution in [-0.2, 0) is 6.42 Å². The molecule has 1 aromatic carbocycles. The van der Waals surface area contributed by atoms with Crippen LogP contribution in [0.1, 0.15) is 25.6 Å². The van der Waals surface area contributed by atoms with Gasteiger partial charge in [-0.15, -0.1) is 0 Å². The van der Waals surface area contributed by atoms with Gasteiger partial charge in [0.1, 0.15) is 11.6 Å². The van der Waals surface area contributed by atoms with Crippen LogP contribution in [0, 0.1) is 5.92 Å². The van der Waals surface area contributed by atoms with E-state index in [1.54, 1.807) is 0 Å². The van der Waals surface area contributed by atoms with Crippen LogP contribution in [0.5, 0.6) is 5.75 Å². The van der Waals surface area contributed by atoms with Gasteiger partial charge in [-0.05, 0) is 44.0 Å². The lowest BCUT2D eigenvalue weighted by molar-refractivity contribution is 0.215. The van der Waals surface area contributed by atoms with Gasteiger partial charge in [0.2, 0.25) is 0 Å². The lowest BCUT2D eigenvalue weighted by Crippen LogP contribution is -2.30. The maximum Gasteiger partial charge on any atom is 0.121 e. The molecule has 102 valence electrons. The van der Waals surface area contributed by atoms with Gasteiger partial charge in [-0.1, -0.05) is 6.92 Å². The Morgan fingerprint density at radius 2 is 2.16 bits per heavy atom. The SMILES string of the molecule is CCc1nc2ccc(OCC3CCNCC3)cc2[nH]1. The van der Waals surface area contributed by atoms with Gasteiger partial charge in [0, 0.05) is 12.5 Å². The molecule has 1 aliphatic rings. The molecule has 0 unspecified atom stereocenters. The Balaban J connectivity index is 1.66. The van der Waals surface area contributed by atoms with Gasteiger partial charge < -0.3 is 15.0 Å². The second kappa shape index (κ2) is 5.61. The zero-order valence-electron chi connectivity index (χ0n) is 11.4. The van der Waals surface area contributed by atoms with E-state index in [2.05, 4.69) is 28.3 Å². The van der Waals surface area contributed by atoms with Crippen LogP contribution in [0.15, 0.2) is 18.2 Å². The van der Waals surface area contributed by atoms with E-state index in [4.69, 9.17) is 4.74 Å². The Labute approximate surface area is 113 Å². The summed E-state index contributed by atoms with van der Waals surface area (Å²) >= 11 is 0. The summed E-state index contributed by atoms with van der Waals surface area (Å²) in [6.07, 6.45) is 3.36. The van der Waals surface area contributed by atoms with E-state index in [1.807, 2.05) is 12.1 Å². The van der Waals surface area contributed by atoms with E-state index < -0.39 is 0 Å². The molecule has 1 saturated heterocycles. The van der Waals surface area contributed by atoms with Crippen molar-refractivity contribution in [3.8, 4) is 5.75 Å². The van der Waals surface area contributed by atoms with E-state index in [0.29, 0.717) is 5.92 Å². The first-order valence-electron chi connectivity index (χ1n) is 7.17. The van der Waals surface area contributed by atoms with Gasteiger partial charge >= 0.3 is 0 Å². The topological polar surface area (TPSA) is 49.9 Å². The maximum atomic E-state index is 5.92. The van der Waals surface area contributed by atoms with Gasteiger partial charge in [0.15, 0.2) is 0 Å². The number of nitrogens with zero attached hydrogens (tertiary/aromatic N) is 1. The lowest BCUT2D eigenvalue weighted by Gasteiger charge is -2.22. The highest BCUT2D eigenvalue weighted by molar-refractivity contribution is 5.76. The van der Waals surface area contributed by atoms with Gasteiger partial charge in [0.25, 0.3) is 0 Å². The summed E-state index contributed by atoms with van der Waals surface area (Å²) in [4.78, 5) is 7.83. The second-order valence-electron chi connectivity index (χ2n) is 5.22. The number of rotatable bonds is 4. The van der Waals surface area contributed by atoms with Gasteiger partial charge in [-0.25, -0.2) is 4.98 Å². The molecule has 3 rings (SSSR count). The molecule has 2 N–H and O–H groups in total. The summed E-state index contributed by atoms with van der Waals surface area (Å²) in [7, 11) is 0. The molecule has 0 atom stereocenters. The predicted octanol–water partition coefficient (Wildman–Crippen LogP) is 2.50. The fourth-order valence-electron chi connectivity index (χ4n) is 2.56. The summed E-state index contributed by atoms with van der Waals surface area (Å²) in [6, 6.07) is 6.11. The van der Waals surface area contributed by atoms with Crippen LogP contribution in [0.3, 0.4) is 0 Å². The monoisotopic (exact) mass is 259 g/mol. The number of H-pyrrole nitrogens is 1. The first kappa shape index (κ1) is 12.5. The molecule has 4 heteroatoms. The molecule has 1 aliphatic heterocycles. The van der Waals surface area contributed by atoms with E-state index in [1.165, 1.54) is 12.8 Å². The molecular formula is C15H21N3O. The molecule has 0 radical (unpaired) electrons. The quantitative estimate of drug-likeness (QED) is 0.887. The number of fused-ring (bicyclic) bond motifs is 1. The zero-order chi connectivity index (χ0) is 13.1. The van der Waals surface area contributed by atoms with Crippen LogP contribution in [0.2, 0.25) is 0 Å². The van der Waals surface area contributed by atoms with Crippen molar-refractivity contribution in [1.82, 2.24) is 15.3 Å². The zero-order valence-corrected chi connectivity index (χ0v) is 11.4. The fourth-order valence-corrected chi connectivity index (χ4v) is 2.56. The first-order valence-corrected chi connectivity index (χ1v) is 7.17. The molecular weight excluding hydrogens is 238 g/mol. The Kier molecular flexibility index (Phi) is 3.69. The van der Waals surface area contributed by atoms with E-state index >= 15 is 0 Å². The van der Waals surface area contributed by atoms with Crippen LogP contribution in [-0.4, -0.2) is 29.7 Å². The van der Waals surface area contributed by atoms with Crippen molar-refractivity contribution in [2.45, 2.75) is 26.2 Å². The molecule has 0 spiro atoms. The number of piperidine rings is 1. The molecule has 2 heterocycles. The van der Waals surface area contributed by atoms with E-state index in [9.17, 15) is 0 Å². The first-order chi connectivity index (χ1) is 9.35. The summed E-state index contributed by atoms with van der Waals surface area (Å²) in [5.41, 5.74) is 2.09. The van der Waals surface area contributed by atoms with Crippen molar-refractivity contribution < 1.29 is 4.74 Å². The molecule has 0 saturated carbocycles. The summed E-state index contributed by atoms with van der Waals surface area (Å²) in [5, 5.41) is 3.38. The average Bonchev–Trinajstić information content (AvgIpc) is 2.88. The normalized spacial score (nSPS) is 16.9. The molecule has 19 heavy (non-hydrogen) atoms. The number of hydrogen-bond acceptors (Lipinski definition) is 3. The van der Waals surface area contributed by atoms with Crippen molar-refractivity contribution >= 4 is 11.0 Å². The van der Waals surface area contributed by atoms with Crippen LogP contribution in [0.4, 0.5) is 0 Å². The Bertz CT molecular complexity index is 543. The molecule has 0 bridgehead atoms. The van der Waals surface area contributed by atoms with E-state index in [0.717, 1.165) is 48.7 Å². The third-order valence-electron chi connectivity index (χ3n) is 3.78. The summed E-state index contributed by atoms with van der Waals surface area (Å²) < 4.78 is 5.92. The molecule has 2 aromatic rings. The second-order valence-corrected chi connectivity index (χ2v) is 5.22. The van der Waals surface area contributed by atoms with E-state index in [-0.39, 0.29) is 0 Å². The fraction of sp³-hybridized carbons (Fsp3) is 0.533. The lowest BCUT2D eigenvalue weighted by atomic mass is 9.99. The minimum atomic E-state index is 0.685. The highest BCUT2D eigenvalue weighted by Crippen LogP contribution is 2.21. The van der Waals surface area contributed by atoms with Crippen molar-refractivity contribution in [1.29, 1.82) is 0 Å². The molecule has 4 nitrogen and oxygen atoms in total. The highest BCUT2D eigenvalue weighted by Gasteiger charge is 2.13. The van der Waals surface area contributed by atoms with Crippen molar-refractivity contribution in [3.05, 3.63) is 24.0 Å². The van der Waals surface area contributed by atoms with Gasteiger partial charge in [-0.3, -0.25) is 0 Å². The summed E-state index contributed by atoms with van der Waals surface area (Å²) in [6.45, 7) is 5.16. The van der Waals surface area contributed by atoms with Crippen LogP contribution >= 0.6 is 0 Å². The minimum Gasteiger partial charge on any atom is -0.493 e. The number of ether oxygens (including phenoxy) is 1. The number of aromatic amines is 1. The van der Waals surface area contributed by atoms with Gasteiger partial charge in [-0.2, -0.15) is 0 Å². The number of aromatic nitrogens is 2. The van der Waals surface area contributed by atoms with Crippen molar-refractivity contribution in [2.75, 3.05) is 19.7 Å². The average molecular weight is 259 g/mol. The number of benzene rings is 1. The predicted molar refractivity (Wildman–Crippen MR) is 76.6 cm³/mol. The third kappa shape index (κ3) is 2.89. The standard InChI is InChI=1S/C15H21N3O/c1-2-15-17-13-4-3-12(9-14(13)18-15)19-10-11-5-7-16-8-6-11/h3-4,9,11,16H,2,5-8,10H2,1H3,(H,17,18). The van der Waals surface area contributed by atoms with Crippen molar-refractivity contribution in [3.63, 3.8) is 0 Å². The number of imidazole rings is 1. The molecule has 0 amide bonds. The van der Waals surface area contributed by atoms with Crippen LogP contribution < -0.4 is 10.1 Å². The van der Waals surface area contributed by atoms with Crippen molar-refractivity contribution in [2.24, 2.45) is 5.92 Å². The van der Waals surface area contributed by atoms with Gasteiger partial charge in [0.05, 0.1) is 17.6 Å². The Hall–Kier alpha value is -1.55. The maximum absolute atomic E-state index is 5.92. The Morgan fingerprint density at radius 3 is 2.95 bits per heavy atom.